The number of carbonyl (C=O) groups is 3. The minimum absolute atomic E-state index is 0.0449. The van der Waals surface area contributed by atoms with Crippen molar-refractivity contribution in [2.45, 2.75) is 107 Å². The van der Waals surface area contributed by atoms with Crippen LogP contribution in [-0.2, 0) is 41.1 Å². The summed E-state index contributed by atoms with van der Waals surface area (Å²) in [6, 6.07) is 11.9. The second-order valence-corrected chi connectivity index (χ2v) is 19.5. The quantitative estimate of drug-likeness (QED) is 0.186. The molecule has 0 radical (unpaired) electrons. The summed E-state index contributed by atoms with van der Waals surface area (Å²) in [6.07, 6.45) is 11.9. The first kappa shape index (κ1) is 41.4. The van der Waals surface area contributed by atoms with Crippen LogP contribution in [0.25, 0.3) is 10.9 Å². The van der Waals surface area contributed by atoms with Crippen molar-refractivity contribution in [1.29, 1.82) is 0 Å². The number of anilines is 1. The number of methoxy groups -OCH3 is 2. The summed E-state index contributed by atoms with van der Waals surface area (Å²) < 4.78 is 18.9. The van der Waals surface area contributed by atoms with Crippen LogP contribution in [0.15, 0.2) is 60.2 Å². The van der Waals surface area contributed by atoms with Gasteiger partial charge in [0.15, 0.2) is 0 Å². The molecular weight excluding hydrogens is 783 g/mol. The number of hydrogen-bond donors (Lipinski definition) is 3. The predicted octanol–water partition coefficient (Wildman–Crippen LogP) is 5.54. The van der Waals surface area contributed by atoms with Crippen LogP contribution >= 0.6 is 0 Å². The van der Waals surface area contributed by atoms with Gasteiger partial charge in [-0.1, -0.05) is 62.3 Å². The van der Waals surface area contributed by atoms with Gasteiger partial charge in [-0.05, 0) is 80.7 Å². The van der Waals surface area contributed by atoms with Gasteiger partial charge in [-0.3, -0.25) is 24.2 Å². The number of aromatic amines is 1. The molecule has 2 aliphatic carbocycles. The first-order valence-corrected chi connectivity index (χ1v) is 23.0. The van der Waals surface area contributed by atoms with Gasteiger partial charge < -0.3 is 34.5 Å². The number of esters is 2. The molecular formula is C50H63N5O7. The van der Waals surface area contributed by atoms with Gasteiger partial charge in [0.2, 0.25) is 5.91 Å². The number of nitrogens with one attached hydrogen (secondary N) is 2. The lowest BCUT2D eigenvalue weighted by Crippen LogP contribution is -2.81. The van der Waals surface area contributed by atoms with Gasteiger partial charge in [-0.25, -0.2) is 0 Å². The monoisotopic (exact) mass is 845 g/mol. The van der Waals surface area contributed by atoms with Crippen LogP contribution in [-0.4, -0.2) is 122 Å². The number of nitrogens with zero attached hydrogens (tertiary/aromatic N) is 3. The molecule has 6 heterocycles. The molecule has 3 N–H and O–H groups in total. The van der Waals surface area contributed by atoms with Crippen LogP contribution in [0.1, 0.15) is 88.1 Å². The second-order valence-electron chi connectivity index (χ2n) is 19.5. The van der Waals surface area contributed by atoms with Crippen LogP contribution in [0, 0.1) is 17.3 Å². The SMILES string of the molecule is CCC1=C[C@@H]2CN(CCc3c([nH]c4ccccc34)[C@@](C(=O)OC)(c3cc4c(cc3OC)N(C)[C@H]3[C@@](O)(CNC(=O)C5CCC5)[C@H](OC(C)=O)[C@]5(CC)C=CCN6CC[C@]43[C@@H]65)C2)C1. The minimum atomic E-state index is -1.72. The number of ether oxygens (including phenoxy) is 3. The van der Waals surface area contributed by atoms with Gasteiger partial charge in [0.05, 0.1) is 26.8 Å². The number of aromatic nitrogens is 1. The zero-order valence-electron chi connectivity index (χ0n) is 37.2. The Morgan fingerprint density at radius 1 is 1.05 bits per heavy atom. The van der Waals surface area contributed by atoms with Crippen molar-refractivity contribution in [1.82, 2.24) is 20.1 Å². The molecule has 3 fully saturated rings. The van der Waals surface area contributed by atoms with Crippen molar-refractivity contribution in [3.05, 3.63) is 82.6 Å². The fourth-order valence-electron chi connectivity index (χ4n) is 14.0. The third kappa shape index (κ3) is 5.63. The van der Waals surface area contributed by atoms with Crippen LogP contribution < -0.4 is 15.0 Å². The van der Waals surface area contributed by atoms with Gasteiger partial charge >= 0.3 is 11.9 Å². The Morgan fingerprint density at radius 2 is 1.85 bits per heavy atom. The number of rotatable bonds is 9. The van der Waals surface area contributed by atoms with E-state index in [4.69, 9.17) is 14.2 Å². The van der Waals surface area contributed by atoms with E-state index in [9.17, 15) is 14.7 Å². The summed E-state index contributed by atoms with van der Waals surface area (Å²) in [6.45, 7) is 9.75. The molecule has 12 heteroatoms. The molecule has 1 unspecified atom stereocenters. The molecule has 2 aromatic carbocycles. The summed E-state index contributed by atoms with van der Waals surface area (Å²) in [5.41, 5.74) is 2.42. The Bertz CT molecular complexity index is 2390. The van der Waals surface area contributed by atoms with Crippen molar-refractivity contribution in [3.63, 3.8) is 0 Å². The molecule has 7 aliphatic rings. The average molecular weight is 846 g/mol. The molecule has 9 atom stereocenters. The fourth-order valence-corrected chi connectivity index (χ4v) is 14.0. The highest BCUT2D eigenvalue weighted by molar-refractivity contribution is 5.94. The summed E-state index contributed by atoms with van der Waals surface area (Å²) in [7, 11) is 5.18. The van der Waals surface area contributed by atoms with Gasteiger partial charge in [-0.15, -0.1) is 0 Å². The fraction of sp³-hybridized carbons (Fsp3) is 0.580. The molecule has 2 saturated carbocycles. The number of fused-ring (bicyclic) bond motifs is 6. The first-order chi connectivity index (χ1) is 29.9. The molecule has 1 saturated heterocycles. The topological polar surface area (TPSA) is 137 Å². The van der Waals surface area contributed by atoms with Crippen LogP contribution in [0.2, 0.25) is 0 Å². The Morgan fingerprint density at radius 3 is 2.56 bits per heavy atom. The molecule has 1 spiro atoms. The molecule has 10 rings (SSSR count). The molecule has 1 aromatic heterocycles. The number of H-pyrrole nitrogens is 1. The first-order valence-electron chi connectivity index (χ1n) is 23.0. The largest absolute Gasteiger partial charge is 0.496 e. The van der Waals surface area contributed by atoms with E-state index in [1.807, 2.05) is 13.1 Å². The normalized spacial score (nSPS) is 34.7. The lowest BCUT2D eigenvalue weighted by Gasteiger charge is -2.64. The molecule has 2 bridgehead atoms. The Kier molecular flexibility index (Phi) is 9.99. The zero-order valence-corrected chi connectivity index (χ0v) is 37.2. The molecule has 1 amide bonds. The second kappa shape index (κ2) is 15.0. The van der Waals surface area contributed by atoms with E-state index in [0.717, 1.165) is 104 Å². The van der Waals surface area contributed by atoms with Crippen LogP contribution in [0.4, 0.5) is 5.69 Å². The Hall–Kier alpha value is -4.65. The Labute approximate surface area is 365 Å². The molecule has 62 heavy (non-hydrogen) atoms. The third-order valence-electron chi connectivity index (χ3n) is 16.7. The number of carbonyl (C=O) groups excluding carboxylic acids is 3. The summed E-state index contributed by atoms with van der Waals surface area (Å²) in [5, 5.41) is 18.1. The van der Waals surface area contributed by atoms with E-state index >= 15 is 4.79 Å². The summed E-state index contributed by atoms with van der Waals surface area (Å²) in [5.74, 6) is -0.373. The maximum atomic E-state index is 15.4. The van der Waals surface area contributed by atoms with Gasteiger partial charge in [-0.2, -0.15) is 0 Å². The van der Waals surface area contributed by atoms with E-state index in [0.29, 0.717) is 25.0 Å². The van der Waals surface area contributed by atoms with Gasteiger partial charge in [0, 0.05) is 96.9 Å². The van der Waals surface area contributed by atoms with Crippen molar-refractivity contribution < 1.29 is 33.7 Å². The highest BCUT2D eigenvalue weighted by Gasteiger charge is 2.78. The van der Waals surface area contributed by atoms with Gasteiger partial charge in [0.25, 0.3) is 0 Å². The van der Waals surface area contributed by atoms with E-state index in [-0.39, 0.29) is 36.3 Å². The van der Waals surface area contributed by atoms with Crippen molar-refractivity contribution in [2.75, 3.05) is 65.4 Å². The predicted molar refractivity (Wildman–Crippen MR) is 237 cm³/mol. The zero-order chi connectivity index (χ0) is 43.3. The molecule has 5 aliphatic heterocycles. The van der Waals surface area contributed by atoms with Crippen molar-refractivity contribution in [2.24, 2.45) is 17.3 Å². The number of benzene rings is 2. The molecule has 3 aromatic rings. The van der Waals surface area contributed by atoms with Gasteiger partial charge in [0.1, 0.15) is 22.9 Å². The van der Waals surface area contributed by atoms with Crippen LogP contribution in [0.5, 0.6) is 5.75 Å². The standard InChI is InChI=1S/C50H63N5O7/c1-7-31-23-32-26-49(46(58)61-6,41-35(17-21-54(27-31)28-32)34-15-9-10-16-38(34)52-41)37-24-36-39(25-40(37)60-5)53(4)44-48(36)19-22-55-20-12-18-47(8-2,43(48)55)45(62-30(3)56)50(44,59)29-51-42(57)33-13-11-14-33/h9-10,12,15-16,18,23-25,32-33,43-45,52,59H,7-8,11,13-14,17,19-22,26-29H2,1-6H3,(H,51,57)/t32-,43-,44+,45+,47+,48+,49-,50-/m0/s1. The summed E-state index contributed by atoms with van der Waals surface area (Å²) in [4.78, 5) is 53.4. The lowest BCUT2D eigenvalue weighted by molar-refractivity contribution is -0.217. The Balaban J connectivity index is 1.24. The van der Waals surface area contributed by atoms with E-state index < -0.39 is 40.0 Å². The highest BCUT2D eigenvalue weighted by Crippen LogP contribution is 2.68. The maximum Gasteiger partial charge on any atom is 0.322 e. The number of aliphatic hydroxyl groups is 1. The number of amides is 1. The number of para-hydroxylation sites is 1. The number of hydrogen-bond acceptors (Lipinski definition) is 10. The van der Waals surface area contributed by atoms with E-state index in [2.05, 4.69) is 87.4 Å². The lowest BCUT2D eigenvalue weighted by atomic mass is 9.47. The highest BCUT2D eigenvalue weighted by atomic mass is 16.6. The van der Waals surface area contributed by atoms with E-state index in [1.165, 1.54) is 19.6 Å². The maximum absolute atomic E-state index is 15.4. The van der Waals surface area contributed by atoms with Crippen LogP contribution in [0.3, 0.4) is 0 Å². The van der Waals surface area contributed by atoms with E-state index in [1.54, 1.807) is 7.11 Å². The van der Waals surface area contributed by atoms with Crippen molar-refractivity contribution >= 4 is 34.4 Å². The summed E-state index contributed by atoms with van der Waals surface area (Å²) >= 11 is 0. The number of likely N-dealkylation sites (N-methyl/N-ethyl adjacent to an activating group) is 1. The molecule has 330 valence electrons. The smallest absolute Gasteiger partial charge is 0.322 e. The molecule has 12 nitrogen and oxygen atoms in total. The average Bonchev–Trinajstić information content (AvgIpc) is 3.91. The minimum Gasteiger partial charge on any atom is -0.496 e. The third-order valence-corrected chi connectivity index (χ3v) is 16.7. The van der Waals surface area contributed by atoms with Crippen molar-refractivity contribution in [3.8, 4) is 5.75 Å².